The van der Waals surface area contributed by atoms with Crippen molar-refractivity contribution in [2.24, 2.45) is 0 Å². The number of carbonyl (C=O) groups is 1. The first kappa shape index (κ1) is 11.0. The number of piperidine rings is 1. The minimum Gasteiger partial charge on any atom is -0.339 e. The SMILES string of the molecule is O=C(c1cc(F)cc(F)c1)N1CC[CH]CC1. The quantitative estimate of drug-likeness (QED) is 0.717. The van der Waals surface area contributed by atoms with Crippen molar-refractivity contribution in [1.29, 1.82) is 0 Å². The van der Waals surface area contributed by atoms with Crippen LogP contribution in [-0.2, 0) is 0 Å². The number of hydrogen-bond acceptors (Lipinski definition) is 1. The maximum Gasteiger partial charge on any atom is 0.254 e. The number of nitrogens with zero attached hydrogens (tertiary/aromatic N) is 1. The third kappa shape index (κ3) is 2.38. The second-order valence-electron chi connectivity index (χ2n) is 3.82. The number of hydrogen-bond donors (Lipinski definition) is 0. The van der Waals surface area contributed by atoms with Crippen molar-refractivity contribution in [1.82, 2.24) is 4.90 Å². The molecule has 85 valence electrons. The van der Waals surface area contributed by atoms with E-state index < -0.39 is 11.6 Å². The van der Waals surface area contributed by atoms with E-state index in [4.69, 9.17) is 0 Å². The molecule has 1 aromatic rings. The summed E-state index contributed by atoms with van der Waals surface area (Å²) < 4.78 is 25.9. The van der Waals surface area contributed by atoms with Crippen molar-refractivity contribution in [3.05, 3.63) is 41.8 Å². The molecule has 0 saturated carbocycles. The zero-order chi connectivity index (χ0) is 11.5. The van der Waals surface area contributed by atoms with Gasteiger partial charge in [0.05, 0.1) is 0 Å². The summed E-state index contributed by atoms with van der Waals surface area (Å²) >= 11 is 0. The second-order valence-corrected chi connectivity index (χ2v) is 3.82. The van der Waals surface area contributed by atoms with E-state index >= 15 is 0 Å². The molecule has 0 unspecified atom stereocenters. The maximum atomic E-state index is 12.9. The molecule has 2 rings (SSSR count). The lowest BCUT2D eigenvalue weighted by atomic mass is 10.1. The van der Waals surface area contributed by atoms with Gasteiger partial charge in [0.15, 0.2) is 0 Å². The molecule has 1 fully saturated rings. The normalized spacial score (nSPS) is 16.2. The highest BCUT2D eigenvalue weighted by Crippen LogP contribution is 2.14. The average molecular weight is 224 g/mol. The standard InChI is InChI=1S/C12H12F2NO/c13-10-6-9(7-11(14)8-10)12(16)15-4-2-1-3-5-15/h1,6-8H,2-5H2. The fourth-order valence-electron chi connectivity index (χ4n) is 1.81. The largest absolute Gasteiger partial charge is 0.339 e. The molecule has 1 heterocycles. The number of rotatable bonds is 1. The summed E-state index contributed by atoms with van der Waals surface area (Å²) in [6.45, 7) is 1.24. The van der Waals surface area contributed by atoms with Gasteiger partial charge in [-0.25, -0.2) is 8.78 Å². The molecule has 4 heteroatoms. The van der Waals surface area contributed by atoms with Gasteiger partial charge in [-0.15, -0.1) is 0 Å². The first-order valence-electron chi connectivity index (χ1n) is 5.24. The first-order valence-corrected chi connectivity index (χ1v) is 5.24. The summed E-state index contributed by atoms with van der Waals surface area (Å²) in [7, 11) is 0. The van der Waals surface area contributed by atoms with Crippen molar-refractivity contribution in [2.75, 3.05) is 13.1 Å². The van der Waals surface area contributed by atoms with Gasteiger partial charge in [-0.3, -0.25) is 4.79 Å². The van der Waals surface area contributed by atoms with Crippen LogP contribution in [0.25, 0.3) is 0 Å². The molecule has 1 aliphatic heterocycles. The van der Waals surface area contributed by atoms with Crippen molar-refractivity contribution in [3.8, 4) is 0 Å². The first-order chi connectivity index (χ1) is 7.66. The molecular weight excluding hydrogens is 212 g/mol. The third-order valence-electron chi connectivity index (χ3n) is 2.60. The van der Waals surface area contributed by atoms with Crippen molar-refractivity contribution < 1.29 is 13.6 Å². The Bertz CT molecular complexity index is 380. The van der Waals surface area contributed by atoms with Gasteiger partial charge in [0, 0.05) is 24.7 Å². The van der Waals surface area contributed by atoms with E-state index in [-0.39, 0.29) is 11.5 Å². The lowest BCUT2D eigenvalue weighted by Gasteiger charge is -2.26. The summed E-state index contributed by atoms with van der Waals surface area (Å²) in [5, 5.41) is 0. The molecule has 1 aromatic carbocycles. The Labute approximate surface area is 92.9 Å². The Morgan fingerprint density at radius 2 is 1.62 bits per heavy atom. The molecule has 1 aliphatic rings. The molecule has 2 nitrogen and oxygen atoms in total. The monoisotopic (exact) mass is 224 g/mol. The Morgan fingerprint density at radius 3 is 2.19 bits per heavy atom. The Hall–Kier alpha value is -1.45. The lowest BCUT2D eigenvalue weighted by molar-refractivity contribution is 0.0741. The van der Waals surface area contributed by atoms with Gasteiger partial charge in [0.25, 0.3) is 5.91 Å². The van der Waals surface area contributed by atoms with E-state index in [1.165, 1.54) is 0 Å². The van der Waals surface area contributed by atoms with Crippen LogP contribution in [0.3, 0.4) is 0 Å². The Kier molecular flexibility index (Phi) is 3.17. The van der Waals surface area contributed by atoms with E-state index in [0.717, 1.165) is 31.0 Å². The van der Waals surface area contributed by atoms with Crippen LogP contribution in [0.15, 0.2) is 18.2 Å². The van der Waals surface area contributed by atoms with E-state index in [1.807, 2.05) is 0 Å². The predicted molar refractivity (Wildman–Crippen MR) is 55.8 cm³/mol. The van der Waals surface area contributed by atoms with E-state index in [0.29, 0.717) is 13.1 Å². The van der Waals surface area contributed by atoms with Crippen LogP contribution in [-0.4, -0.2) is 23.9 Å². The molecule has 0 N–H and O–H groups in total. The predicted octanol–water partition coefficient (Wildman–Crippen LogP) is 2.41. The molecule has 16 heavy (non-hydrogen) atoms. The second kappa shape index (κ2) is 4.60. The highest BCUT2D eigenvalue weighted by atomic mass is 19.1. The van der Waals surface area contributed by atoms with E-state index in [2.05, 4.69) is 6.42 Å². The minimum atomic E-state index is -0.716. The maximum absolute atomic E-state index is 12.9. The molecule has 1 saturated heterocycles. The van der Waals surface area contributed by atoms with Gasteiger partial charge in [0.2, 0.25) is 0 Å². The van der Waals surface area contributed by atoms with Gasteiger partial charge in [0.1, 0.15) is 11.6 Å². The highest BCUT2D eigenvalue weighted by molar-refractivity contribution is 5.94. The molecule has 0 aromatic heterocycles. The fraction of sp³-hybridized carbons (Fsp3) is 0.333. The Morgan fingerprint density at radius 1 is 1.06 bits per heavy atom. The molecule has 0 bridgehead atoms. The average Bonchev–Trinajstić information content (AvgIpc) is 2.28. The van der Waals surface area contributed by atoms with Crippen LogP contribution in [0, 0.1) is 18.1 Å². The topological polar surface area (TPSA) is 20.3 Å². The van der Waals surface area contributed by atoms with Crippen LogP contribution >= 0.6 is 0 Å². The number of halogens is 2. The molecule has 0 aliphatic carbocycles. The minimum absolute atomic E-state index is 0.0828. The number of amides is 1. The van der Waals surface area contributed by atoms with Gasteiger partial charge in [-0.1, -0.05) is 0 Å². The highest BCUT2D eigenvalue weighted by Gasteiger charge is 2.19. The van der Waals surface area contributed by atoms with E-state index in [9.17, 15) is 13.6 Å². The van der Waals surface area contributed by atoms with Crippen LogP contribution < -0.4 is 0 Å². The summed E-state index contributed by atoms with van der Waals surface area (Å²) in [6, 6.07) is 2.91. The van der Waals surface area contributed by atoms with Crippen LogP contribution in [0.5, 0.6) is 0 Å². The van der Waals surface area contributed by atoms with Gasteiger partial charge >= 0.3 is 0 Å². The van der Waals surface area contributed by atoms with Crippen molar-refractivity contribution in [2.45, 2.75) is 12.8 Å². The summed E-state index contributed by atoms with van der Waals surface area (Å²) in [5.74, 6) is -1.73. The van der Waals surface area contributed by atoms with Crippen LogP contribution in [0.1, 0.15) is 23.2 Å². The summed E-state index contributed by atoms with van der Waals surface area (Å²) in [6.07, 6.45) is 3.78. The molecule has 0 atom stereocenters. The lowest BCUT2D eigenvalue weighted by Crippen LogP contribution is -2.35. The third-order valence-corrected chi connectivity index (χ3v) is 2.60. The smallest absolute Gasteiger partial charge is 0.254 e. The van der Waals surface area contributed by atoms with Gasteiger partial charge in [-0.05, 0) is 31.4 Å². The van der Waals surface area contributed by atoms with Crippen LogP contribution in [0.4, 0.5) is 8.78 Å². The van der Waals surface area contributed by atoms with E-state index in [1.54, 1.807) is 4.90 Å². The zero-order valence-electron chi connectivity index (χ0n) is 8.75. The Balaban J connectivity index is 2.19. The zero-order valence-corrected chi connectivity index (χ0v) is 8.75. The van der Waals surface area contributed by atoms with Gasteiger partial charge in [-0.2, -0.15) is 0 Å². The number of likely N-dealkylation sites (tertiary alicyclic amines) is 1. The molecular formula is C12H12F2NO. The summed E-state index contributed by atoms with van der Waals surface area (Å²) in [4.78, 5) is 13.5. The number of benzene rings is 1. The van der Waals surface area contributed by atoms with Crippen LogP contribution in [0.2, 0.25) is 0 Å². The molecule has 1 amide bonds. The summed E-state index contributed by atoms with van der Waals surface area (Å²) in [5.41, 5.74) is 0.0828. The molecule has 1 radical (unpaired) electrons. The van der Waals surface area contributed by atoms with Crippen molar-refractivity contribution >= 4 is 5.91 Å². The van der Waals surface area contributed by atoms with Crippen molar-refractivity contribution in [3.63, 3.8) is 0 Å². The van der Waals surface area contributed by atoms with Gasteiger partial charge < -0.3 is 4.90 Å². The number of carbonyl (C=O) groups excluding carboxylic acids is 1. The fourth-order valence-corrected chi connectivity index (χ4v) is 1.81. The molecule has 0 spiro atoms.